The zero-order chi connectivity index (χ0) is 19.9. The van der Waals surface area contributed by atoms with Crippen molar-refractivity contribution in [2.45, 2.75) is 17.7 Å². The van der Waals surface area contributed by atoms with Crippen molar-refractivity contribution < 1.29 is 13.2 Å². The number of amides is 1. The average molecular weight is 438 g/mol. The molecule has 2 heterocycles. The zero-order valence-electron chi connectivity index (χ0n) is 14.7. The van der Waals surface area contributed by atoms with Crippen LogP contribution >= 0.6 is 23.2 Å². The molecule has 9 heteroatoms. The SMILES string of the molecule is O=C(Nc1ccc(Cl)cc1Cl)C1CCN(C2=NS(=O)(=O)c3ccccc32)CC1. The lowest BCUT2D eigenvalue weighted by Crippen LogP contribution is -2.41. The van der Waals surface area contributed by atoms with E-state index in [4.69, 9.17) is 23.2 Å². The lowest BCUT2D eigenvalue weighted by molar-refractivity contribution is -0.120. The van der Waals surface area contributed by atoms with E-state index >= 15 is 0 Å². The summed E-state index contributed by atoms with van der Waals surface area (Å²) in [7, 11) is -3.64. The molecule has 1 saturated heterocycles. The van der Waals surface area contributed by atoms with Crippen molar-refractivity contribution in [3.8, 4) is 0 Å². The molecule has 1 N–H and O–H groups in total. The molecule has 1 amide bonds. The van der Waals surface area contributed by atoms with Gasteiger partial charge in [-0.1, -0.05) is 35.3 Å². The van der Waals surface area contributed by atoms with Gasteiger partial charge < -0.3 is 10.2 Å². The van der Waals surface area contributed by atoms with Gasteiger partial charge in [-0.2, -0.15) is 8.42 Å². The first kappa shape index (κ1) is 19.2. The highest BCUT2D eigenvalue weighted by Gasteiger charge is 2.34. The monoisotopic (exact) mass is 437 g/mol. The van der Waals surface area contributed by atoms with Gasteiger partial charge in [-0.05, 0) is 43.2 Å². The Morgan fingerprint density at radius 1 is 1.11 bits per heavy atom. The van der Waals surface area contributed by atoms with Crippen LogP contribution in [0.2, 0.25) is 10.0 Å². The molecule has 2 aliphatic heterocycles. The minimum Gasteiger partial charge on any atom is -0.355 e. The van der Waals surface area contributed by atoms with Crippen molar-refractivity contribution >= 4 is 50.7 Å². The molecular formula is C19H17Cl2N3O3S. The Labute approximate surface area is 173 Å². The summed E-state index contributed by atoms with van der Waals surface area (Å²) in [5, 5.41) is 3.74. The van der Waals surface area contributed by atoms with Crippen LogP contribution in [0.4, 0.5) is 5.69 Å². The number of rotatable bonds is 2. The molecular weight excluding hydrogens is 421 g/mol. The van der Waals surface area contributed by atoms with Crippen LogP contribution in [0.3, 0.4) is 0 Å². The highest BCUT2D eigenvalue weighted by atomic mass is 35.5. The summed E-state index contributed by atoms with van der Waals surface area (Å²) >= 11 is 12.0. The van der Waals surface area contributed by atoms with E-state index < -0.39 is 10.0 Å². The van der Waals surface area contributed by atoms with Crippen LogP contribution in [0.25, 0.3) is 0 Å². The summed E-state index contributed by atoms with van der Waals surface area (Å²) < 4.78 is 28.4. The number of likely N-dealkylation sites (tertiary alicyclic amines) is 1. The fraction of sp³-hybridized carbons (Fsp3) is 0.263. The highest BCUT2D eigenvalue weighted by Crippen LogP contribution is 2.31. The molecule has 0 unspecified atom stereocenters. The van der Waals surface area contributed by atoms with Gasteiger partial charge in [0.25, 0.3) is 10.0 Å². The second kappa shape index (κ2) is 7.39. The second-order valence-corrected chi connectivity index (χ2v) is 9.18. The van der Waals surface area contributed by atoms with Gasteiger partial charge in [0.2, 0.25) is 5.91 Å². The first-order valence-corrected chi connectivity index (χ1v) is 11.0. The standard InChI is InChI=1S/C19H17Cl2N3O3S/c20-13-5-6-16(15(21)11-13)22-19(25)12-7-9-24(10-8-12)18-14-3-1-2-4-17(14)28(26,27)23-18/h1-6,11-12H,7-10H2,(H,22,25). The minimum absolute atomic E-state index is 0.106. The molecule has 4 rings (SSSR count). The summed E-state index contributed by atoms with van der Waals surface area (Å²) in [6, 6.07) is 11.7. The second-order valence-electron chi connectivity index (χ2n) is 6.76. The number of hydrogen-bond acceptors (Lipinski definition) is 4. The Morgan fingerprint density at radius 3 is 2.54 bits per heavy atom. The molecule has 146 valence electrons. The number of anilines is 1. The summed E-state index contributed by atoms with van der Waals surface area (Å²) in [6.45, 7) is 1.10. The van der Waals surface area contributed by atoms with E-state index in [0.29, 0.717) is 53.1 Å². The largest absolute Gasteiger partial charge is 0.355 e. The Morgan fingerprint density at radius 2 is 1.82 bits per heavy atom. The summed E-state index contributed by atoms with van der Waals surface area (Å²) in [4.78, 5) is 14.8. The zero-order valence-corrected chi connectivity index (χ0v) is 17.1. The number of hydrogen-bond donors (Lipinski definition) is 1. The number of sulfonamides is 1. The number of carbonyl (C=O) groups excluding carboxylic acids is 1. The molecule has 0 radical (unpaired) electrons. The van der Waals surface area contributed by atoms with Crippen LogP contribution < -0.4 is 5.32 Å². The van der Waals surface area contributed by atoms with Gasteiger partial charge in [-0.3, -0.25) is 4.79 Å². The molecule has 0 bridgehead atoms. The van der Waals surface area contributed by atoms with Crippen LogP contribution in [0, 0.1) is 5.92 Å². The lowest BCUT2D eigenvalue weighted by Gasteiger charge is -2.32. The summed E-state index contributed by atoms with van der Waals surface area (Å²) in [5.41, 5.74) is 1.15. The van der Waals surface area contributed by atoms with E-state index in [1.165, 1.54) is 0 Å². The molecule has 2 aromatic carbocycles. The lowest BCUT2D eigenvalue weighted by atomic mass is 9.95. The van der Waals surface area contributed by atoms with Crippen LogP contribution in [0.15, 0.2) is 51.8 Å². The predicted molar refractivity (Wildman–Crippen MR) is 110 cm³/mol. The van der Waals surface area contributed by atoms with Gasteiger partial charge in [0.1, 0.15) is 4.90 Å². The third-order valence-electron chi connectivity index (χ3n) is 4.97. The fourth-order valence-electron chi connectivity index (χ4n) is 3.50. The normalized spacial score (nSPS) is 18.5. The molecule has 28 heavy (non-hydrogen) atoms. The Bertz CT molecular complexity index is 1080. The maximum Gasteiger partial charge on any atom is 0.285 e. The maximum atomic E-state index is 12.6. The molecule has 1 fully saturated rings. The molecule has 0 atom stereocenters. The number of fused-ring (bicyclic) bond motifs is 1. The van der Waals surface area contributed by atoms with E-state index in [-0.39, 0.29) is 16.7 Å². The van der Waals surface area contributed by atoms with Gasteiger partial charge in [-0.25, -0.2) is 0 Å². The van der Waals surface area contributed by atoms with E-state index in [1.807, 2.05) is 4.90 Å². The Balaban J connectivity index is 1.43. The number of carbonyl (C=O) groups is 1. The maximum absolute atomic E-state index is 12.6. The number of nitrogens with zero attached hydrogens (tertiary/aromatic N) is 2. The van der Waals surface area contributed by atoms with Gasteiger partial charge in [0.05, 0.1) is 10.7 Å². The smallest absolute Gasteiger partial charge is 0.285 e. The fourth-order valence-corrected chi connectivity index (χ4v) is 5.18. The van der Waals surface area contributed by atoms with E-state index in [1.54, 1.807) is 42.5 Å². The third-order valence-corrected chi connectivity index (χ3v) is 6.84. The summed E-state index contributed by atoms with van der Waals surface area (Å²) in [5.74, 6) is 0.178. The van der Waals surface area contributed by atoms with Gasteiger partial charge >= 0.3 is 0 Å². The average Bonchev–Trinajstić information content (AvgIpc) is 2.96. The van der Waals surface area contributed by atoms with Gasteiger partial charge in [-0.15, -0.1) is 4.40 Å². The third kappa shape index (κ3) is 3.62. The van der Waals surface area contributed by atoms with Crippen molar-refractivity contribution in [2.75, 3.05) is 18.4 Å². The predicted octanol–water partition coefficient (Wildman–Crippen LogP) is 3.79. The quantitative estimate of drug-likeness (QED) is 0.774. The van der Waals surface area contributed by atoms with Crippen molar-refractivity contribution in [2.24, 2.45) is 10.3 Å². The van der Waals surface area contributed by atoms with Gasteiger partial charge in [0, 0.05) is 29.6 Å². The number of amidine groups is 1. The molecule has 2 aromatic rings. The van der Waals surface area contributed by atoms with Crippen LogP contribution in [0.1, 0.15) is 18.4 Å². The van der Waals surface area contributed by atoms with Crippen molar-refractivity contribution in [3.63, 3.8) is 0 Å². The Hall–Kier alpha value is -2.09. The van der Waals surface area contributed by atoms with Crippen LogP contribution in [-0.2, 0) is 14.8 Å². The van der Waals surface area contributed by atoms with Crippen molar-refractivity contribution in [1.82, 2.24) is 4.90 Å². The van der Waals surface area contributed by atoms with E-state index in [9.17, 15) is 13.2 Å². The molecule has 2 aliphatic rings. The van der Waals surface area contributed by atoms with E-state index in [2.05, 4.69) is 9.71 Å². The number of piperidine rings is 1. The van der Waals surface area contributed by atoms with Gasteiger partial charge in [0.15, 0.2) is 5.84 Å². The topological polar surface area (TPSA) is 78.8 Å². The number of benzene rings is 2. The number of halogens is 2. The minimum atomic E-state index is -3.64. The van der Waals surface area contributed by atoms with Crippen molar-refractivity contribution in [3.05, 3.63) is 58.1 Å². The first-order chi connectivity index (χ1) is 13.3. The number of nitrogens with one attached hydrogen (secondary N) is 1. The van der Waals surface area contributed by atoms with Crippen molar-refractivity contribution in [1.29, 1.82) is 0 Å². The summed E-state index contributed by atoms with van der Waals surface area (Å²) in [6.07, 6.45) is 1.19. The van der Waals surface area contributed by atoms with Crippen LogP contribution in [-0.4, -0.2) is 38.2 Å². The molecule has 0 aromatic heterocycles. The van der Waals surface area contributed by atoms with Crippen LogP contribution in [0.5, 0.6) is 0 Å². The molecule has 6 nitrogen and oxygen atoms in total. The Kier molecular flexibility index (Phi) is 5.07. The highest BCUT2D eigenvalue weighted by molar-refractivity contribution is 7.90. The molecule has 0 aliphatic carbocycles. The molecule has 0 spiro atoms. The van der Waals surface area contributed by atoms with E-state index in [0.717, 1.165) is 0 Å². The molecule has 0 saturated carbocycles. The first-order valence-electron chi connectivity index (χ1n) is 8.80.